The second-order valence-corrected chi connectivity index (χ2v) is 7.25. The van der Waals surface area contributed by atoms with Gasteiger partial charge < -0.3 is 5.11 Å². The molecule has 0 unspecified atom stereocenters. The highest BCUT2D eigenvalue weighted by atomic mass is 35.5. The molecule has 2 aromatic carbocycles. The first-order chi connectivity index (χ1) is 10.8. The van der Waals surface area contributed by atoms with E-state index in [0.717, 1.165) is 4.31 Å². The molecule has 0 aliphatic rings. The molecule has 0 atom stereocenters. The van der Waals surface area contributed by atoms with Crippen LogP contribution in [0.25, 0.3) is 0 Å². The van der Waals surface area contributed by atoms with Crippen molar-refractivity contribution in [3.8, 4) is 0 Å². The van der Waals surface area contributed by atoms with Crippen molar-refractivity contribution < 1.29 is 18.3 Å². The largest absolute Gasteiger partial charge is 0.481 e. The number of hydrogen-bond acceptors (Lipinski definition) is 3. The van der Waals surface area contributed by atoms with E-state index in [1.807, 2.05) is 0 Å². The standard InChI is InChI=1S/C15H13Cl2NO4S/c16-12-7-4-8-13(15(12)17)18(10-9-14(19)20)23(21,22)11-5-2-1-3-6-11/h1-8H,9-10H2,(H,19,20). The third-order valence-electron chi connectivity index (χ3n) is 3.06. The second-order valence-electron chi connectivity index (χ2n) is 4.61. The van der Waals surface area contributed by atoms with Gasteiger partial charge in [0.2, 0.25) is 0 Å². The molecule has 0 radical (unpaired) electrons. The average molecular weight is 374 g/mol. The molecule has 0 aliphatic heterocycles. The molecule has 0 heterocycles. The Morgan fingerprint density at radius 1 is 1.04 bits per heavy atom. The fourth-order valence-corrected chi connectivity index (χ4v) is 3.92. The smallest absolute Gasteiger partial charge is 0.305 e. The maximum Gasteiger partial charge on any atom is 0.305 e. The highest BCUT2D eigenvalue weighted by molar-refractivity contribution is 7.92. The molecule has 2 aromatic rings. The third-order valence-corrected chi connectivity index (χ3v) is 5.70. The van der Waals surface area contributed by atoms with E-state index in [1.165, 1.54) is 24.3 Å². The zero-order chi connectivity index (χ0) is 17.0. The van der Waals surface area contributed by atoms with Gasteiger partial charge in [-0.15, -0.1) is 0 Å². The highest BCUT2D eigenvalue weighted by Crippen LogP contribution is 2.35. The first kappa shape index (κ1) is 17.6. The first-order valence-electron chi connectivity index (χ1n) is 6.57. The van der Waals surface area contributed by atoms with Crippen molar-refractivity contribution in [2.75, 3.05) is 10.8 Å². The Balaban J connectivity index is 2.54. The minimum absolute atomic E-state index is 0.0430. The summed E-state index contributed by atoms with van der Waals surface area (Å²) in [5, 5.41) is 9.13. The minimum atomic E-state index is -3.96. The molecule has 0 fully saturated rings. The zero-order valence-electron chi connectivity index (χ0n) is 11.8. The fraction of sp³-hybridized carbons (Fsp3) is 0.133. The van der Waals surface area contributed by atoms with E-state index in [1.54, 1.807) is 24.3 Å². The maximum absolute atomic E-state index is 12.8. The van der Waals surface area contributed by atoms with Crippen LogP contribution in [0.4, 0.5) is 5.69 Å². The van der Waals surface area contributed by atoms with Crippen molar-refractivity contribution in [1.82, 2.24) is 0 Å². The summed E-state index contributed by atoms with van der Waals surface area (Å²) < 4.78 is 26.6. The molecule has 5 nitrogen and oxygen atoms in total. The van der Waals surface area contributed by atoms with Gasteiger partial charge in [0.1, 0.15) is 0 Å². The molecular weight excluding hydrogens is 361 g/mol. The molecule has 0 saturated carbocycles. The van der Waals surface area contributed by atoms with E-state index in [-0.39, 0.29) is 33.6 Å². The van der Waals surface area contributed by atoms with Crippen LogP contribution in [0.1, 0.15) is 6.42 Å². The Hall–Kier alpha value is -1.76. The molecule has 122 valence electrons. The number of carboxylic acids is 1. The predicted octanol–water partition coefficient (Wildman–Crippen LogP) is 3.66. The van der Waals surface area contributed by atoms with Crippen LogP contribution in [0.2, 0.25) is 10.0 Å². The summed E-state index contributed by atoms with van der Waals surface area (Å²) in [5.41, 5.74) is 0.143. The van der Waals surface area contributed by atoms with Crippen molar-refractivity contribution in [2.45, 2.75) is 11.3 Å². The number of nitrogens with zero attached hydrogens (tertiary/aromatic N) is 1. The van der Waals surface area contributed by atoms with Crippen LogP contribution in [0.15, 0.2) is 53.4 Å². The molecular formula is C15H13Cl2NO4S. The van der Waals surface area contributed by atoms with Gasteiger partial charge in [0.25, 0.3) is 10.0 Å². The van der Waals surface area contributed by atoms with Crippen LogP contribution in [0.5, 0.6) is 0 Å². The van der Waals surface area contributed by atoms with Crippen molar-refractivity contribution in [3.05, 3.63) is 58.6 Å². The second kappa shape index (κ2) is 7.21. The SMILES string of the molecule is O=C(O)CCN(c1cccc(Cl)c1Cl)S(=O)(=O)c1ccccc1. The van der Waals surface area contributed by atoms with E-state index in [2.05, 4.69) is 0 Å². The van der Waals surface area contributed by atoms with Crippen molar-refractivity contribution >= 4 is 44.9 Å². The number of halogens is 2. The van der Waals surface area contributed by atoms with E-state index >= 15 is 0 Å². The van der Waals surface area contributed by atoms with Gasteiger partial charge in [0.15, 0.2) is 0 Å². The van der Waals surface area contributed by atoms with Crippen LogP contribution < -0.4 is 4.31 Å². The number of rotatable bonds is 6. The van der Waals surface area contributed by atoms with E-state index < -0.39 is 16.0 Å². The lowest BCUT2D eigenvalue weighted by Gasteiger charge is -2.25. The molecule has 23 heavy (non-hydrogen) atoms. The van der Waals surface area contributed by atoms with Crippen molar-refractivity contribution in [1.29, 1.82) is 0 Å². The summed E-state index contributed by atoms with van der Waals surface area (Å²) >= 11 is 12.1. The van der Waals surface area contributed by atoms with Gasteiger partial charge in [-0.3, -0.25) is 9.10 Å². The third kappa shape index (κ3) is 3.96. The van der Waals surface area contributed by atoms with Crippen molar-refractivity contribution in [3.63, 3.8) is 0 Å². The van der Waals surface area contributed by atoms with Crippen LogP contribution >= 0.6 is 23.2 Å². The quantitative estimate of drug-likeness (QED) is 0.837. The molecule has 0 saturated heterocycles. The van der Waals surface area contributed by atoms with Gasteiger partial charge >= 0.3 is 5.97 Å². The van der Waals surface area contributed by atoms with Crippen molar-refractivity contribution in [2.24, 2.45) is 0 Å². The Kier molecular flexibility index (Phi) is 5.51. The normalized spacial score (nSPS) is 11.2. The van der Waals surface area contributed by atoms with Gasteiger partial charge in [-0.25, -0.2) is 8.42 Å². The van der Waals surface area contributed by atoms with E-state index in [4.69, 9.17) is 28.3 Å². The Labute approximate surface area is 144 Å². The van der Waals surface area contributed by atoms with E-state index in [9.17, 15) is 13.2 Å². The average Bonchev–Trinajstić information content (AvgIpc) is 2.52. The molecule has 0 aromatic heterocycles. The maximum atomic E-state index is 12.8. The van der Waals surface area contributed by atoms with Gasteiger partial charge in [-0.2, -0.15) is 0 Å². The summed E-state index contributed by atoms with van der Waals surface area (Å²) in [6.45, 7) is -0.257. The van der Waals surface area contributed by atoms with Gasteiger partial charge in [-0.05, 0) is 24.3 Å². The molecule has 0 aliphatic carbocycles. The molecule has 0 spiro atoms. The minimum Gasteiger partial charge on any atom is -0.481 e. The molecule has 1 N–H and O–H groups in total. The summed E-state index contributed by atoms with van der Waals surface area (Å²) in [7, 11) is -3.96. The lowest BCUT2D eigenvalue weighted by molar-refractivity contribution is -0.136. The van der Waals surface area contributed by atoms with Gasteiger partial charge in [0.05, 0.1) is 27.0 Å². The summed E-state index contributed by atoms with van der Waals surface area (Å²) in [6.07, 6.45) is -0.366. The van der Waals surface area contributed by atoms with Crippen LogP contribution in [0.3, 0.4) is 0 Å². The lowest BCUT2D eigenvalue weighted by atomic mass is 10.3. The lowest BCUT2D eigenvalue weighted by Crippen LogP contribution is -2.33. The Morgan fingerprint density at radius 2 is 1.70 bits per heavy atom. The number of carbonyl (C=O) groups is 1. The van der Waals surface area contributed by atoms with Gasteiger partial charge in [0, 0.05) is 6.54 Å². The van der Waals surface area contributed by atoms with Gasteiger partial charge in [-0.1, -0.05) is 47.5 Å². The molecule has 0 amide bonds. The van der Waals surface area contributed by atoms with E-state index in [0.29, 0.717) is 0 Å². The van der Waals surface area contributed by atoms with Crippen LogP contribution in [-0.2, 0) is 14.8 Å². The number of carboxylic acid groups (broad SMARTS) is 1. The number of aliphatic carboxylic acids is 1. The Bertz CT molecular complexity index is 809. The Morgan fingerprint density at radius 3 is 2.30 bits per heavy atom. The monoisotopic (exact) mass is 373 g/mol. The number of anilines is 1. The number of benzene rings is 2. The van der Waals surface area contributed by atoms with Crippen LogP contribution in [0, 0.1) is 0 Å². The highest BCUT2D eigenvalue weighted by Gasteiger charge is 2.27. The molecule has 0 bridgehead atoms. The summed E-state index contributed by atoms with van der Waals surface area (Å²) in [4.78, 5) is 10.9. The molecule has 8 heteroatoms. The number of hydrogen-bond donors (Lipinski definition) is 1. The zero-order valence-corrected chi connectivity index (χ0v) is 14.1. The summed E-state index contributed by atoms with van der Waals surface area (Å²) in [6, 6.07) is 12.3. The first-order valence-corrected chi connectivity index (χ1v) is 8.77. The fourth-order valence-electron chi connectivity index (χ4n) is 1.97. The molecule has 2 rings (SSSR count). The predicted molar refractivity (Wildman–Crippen MR) is 89.7 cm³/mol. The van der Waals surface area contributed by atoms with Crippen LogP contribution in [-0.4, -0.2) is 26.0 Å². The summed E-state index contributed by atoms with van der Waals surface area (Å²) in [5.74, 6) is -1.11. The number of sulfonamides is 1. The topological polar surface area (TPSA) is 74.7 Å².